The van der Waals surface area contributed by atoms with Crippen LogP contribution in [0.4, 0.5) is 5.69 Å². The van der Waals surface area contributed by atoms with E-state index in [1.807, 2.05) is 18.2 Å². The van der Waals surface area contributed by atoms with Gasteiger partial charge in [0.25, 0.3) is 5.56 Å². The molecule has 2 N–H and O–H groups in total. The molecule has 0 radical (unpaired) electrons. The number of aromatic nitrogens is 1. The SMILES string of the molecule is Nc1ccn(C2OCCC2Sc2ccccc2)c(=O)c1. The van der Waals surface area contributed by atoms with Crippen LogP contribution in [-0.2, 0) is 4.74 Å². The Morgan fingerprint density at radius 1 is 1.25 bits per heavy atom. The van der Waals surface area contributed by atoms with Crippen molar-refractivity contribution in [2.24, 2.45) is 0 Å². The quantitative estimate of drug-likeness (QED) is 0.943. The predicted molar refractivity (Wildman–Crippen MR) is 80.8 cm³/mol. The van der Waals surface area contributed by atoms with E-state index in [1.54, 1.807) is 28.6 Å². The molecule has 2 unspecified atom stereocenters. The third-order valence-corrected chi connectivity index (χ3v) is 4.60. The molecule has 1 fully saturated rings. The number of anilines is 1. The minimum atomic E-state index is -0.228. The average Bonchev–Trinajstić information content (AvgIpc) is 2.88. The zero-order valence-corrected chi connectivity index (χ0v) is 11.8. The van der Waals surface area contributed by atoms with Crippen molar-refractivity contribution in [3.8, 4) is 0 Å². The highest BCUT2D eigenvalue weighted by atomic mass is 32.2. The summed E-state index contributed by atoms with van der Waals surface area (Å²) < 4.78 is 7.37. The van der Waals surface area contributed by atoms with Gasteiger partial charge in [0.1, 0.15) is 6.23 Å². The molecule has 0 amide bonds. The zero-order valence-electron chi connectivity index (χ0n) is 10.9. The second-order valence-electron chi connectivity index (χ2n) is 4.72. The van der Waals surface area contributed by atoms with Crippen LogP contribution in [0.2, 0.25) is 0 Å². The molecule has 3 rings (SSSR count). The smallest absolute Gasteiger partial charge is 0.254 e. The summed E-state index contributed by atoms with van der Waals surface area (Å²) in [5.74, 6) is 0. The van der Waals surface area contributed by atoms with Gasteiger partial charge in [-0.1, -0.05) is 18.2 Å². The summed E-state index contributed by atoms with van der Waals surface area (Å²) in [6.45, 7) is 0.673. The number of pyridine rings is 1. The number of nitrogens with two attached hydrogens (primary N) is 1. The molecule has 2 atom stereocenters. The Morgan fingerprint density at radius 3 is 2.80 bits per heavy atom. The molecule has 1 saturated heterocycles. The number of rotatable bonds is 3. The molecule has 0 bridgehead atoms. The maximum absolute atomic E-state index is 12.0. The first-order chi connectivity index (χ1) is 9.74. The molecule has 0 saturated carbocycles. The number of nitrogen functional groups attached to an aromatic ring is 1. The van der Waals surface area contributed by atoms with Gasteiger partial charge in [0.15, 0.2) is 0 Å². The van der Waals surface area contributed by atoms with Crippen molar-refractivity contribution in [1.29, 1.82) is 0 Å². The van der Waals surface area contributed by atoms with E-state index in [1.165, 1.54) is 11.0 Å². The van der Waals surface area contributed by atoms with Crippen molar-refractivity contribution in [2.45, 2.75) is 22.8 Å². The summed E-state index contributed by atoms with van der Waals surface area (Å²) >= 11 is 1.75. The van der Waals surface area contributed by atoms with Crippen LogP contribution in [0.5, 0.6) is 0 Å². The Morgan fingerprint density at radius 2 is 2.05 bits per heavy atom. The van der Waals surface area contributed by atoms with E-state index in [-0.39, 0.29) is 17.0 Å². The van der Waals surface area contributed by atoms with Crippen LogP contribution in [0, 0.1) is 0 Å². The molecule has 2 heterocycles. The maximum atomic E-state index is 12.0. The highest BCUT2D eigenvalue weighted by Crippen LogP contribution is 2.37. The lowest BCUT2D eigenvalue weighted by molar-refractivity contribution is 0.0563. The molecule has 1 aliphatic rings. The van der Waals surface area contributed by atoms with Crippen LogP contribution in [0.3, 0.4) is 0 Å². The summed E-state index contributed by atoms with van der Waals surface area (Å²) in [7, 11) is 0. The Kier molecular flexibility index (Phi) is 3.80. The summed E-state index contributed by atoms with van der Waals surface area (Å²) in [5.41, 5.74) is 5.99. The van der Waals surface area contributed by atoms with Crippen molar-refractivity contribution in [3.63, 3.8) is 0 Å². The van der Waals surface area contributed by atoms with Gasteiger partial charge in [-0.05, 0) is 24.6 Å². The molecular weight excluding hydrogens is 272 g/mol. The van der Waals surface area contributed by atoms with Crippen molar-refractivity contribution < 1.29 is 4.74 Å². The minimum Gasteiger partial charge on any atom is -0.399 e. The fourth-order valence-electron chi connectivity index (χ4n) is 2.32. The van der Waals surface area contributed by atoms with Crippen LogP contribution < -0.4 is 11.3 Å². The van der Waals surface area contributed by atoms with Gasteiger partial charge >= 0.3 is 0 Å². The molecule has 104 valence electrons. The van der Waals surface area contributed by atoms with Crippen molar-refractivity contribution >= 4 is 17.4 Å². The van der Waals surface area contributed by atoms with Gasteiger partial charge in [-0.3, -0.25) is 9.36 Å². The van der Waals surface area contributed by atoms with Crippen molar-refractivity contribution in [3.05, 3.63) is 59.0 Å². The maximum Gasteiger partial charge on any atom is 0.254 e. The molecule has 0 spiro atoms. The largest absolute Gasteiger partial charge is 0.399 e. The highest BCUT2D eigenvalue weighted by molar-refractivity contribution is 8.00. The summed E-state index contributed by atoms with van der Waals surface area (Å²) in [6, 6.07) is 13.3. The number of benzene rings is 1. The first-order valence-electron chi connectivity index (χ1n) is 6.55. The minimum absolute atomic E-state index is 0.115. The number of ether oxygens (including phenoxy) is 1. The van der Waals surface area contributed by atoms with E-state index in [0.29, 0.717) is 12.3 Å². The van der Waals surface area contributed by atoms with Crippen molar-refractivity contribution in [2.75, 3.05) is 12.3 Å². The number of thioether (sulfide) groups is 1. The first-order valence-corrected chi connectivity index (χ1v) is 7.43. The second-order valence-corrected chi connectivity index (χ2v) is 6.04. The van der Waals surface area contributed by atoms with E-state index in [0.717, 1.165) is 6.42 Å². The van der Waals surface area contributed by atoms with Crippen LogP contribution in [0.15, 0.2) is 58.4 Å². The molecule has 5 heteroatoms. The number of hydrogen-bond donors (Lipinski definition) is 1. The monoisotopic (exact) mass is 288 g/mol. The van der Waals surface area contributed by atoms with Crippen LogP contribution >= 0.6 is 11.8 Å². The summed E-state index contributed by atoms with van der Waals surface area (Å²) in [6.07, 6.45) is 2.42. The lowest BCUT2D eigenvalue weighted by Gasteiger charge is -2.20. The van der Waals surface area contributed by atoms with Gasteiger partial charge in [-0.15, -0.1) is 11.8 Å². The van der Waals surface area contributed by atoms with E-state index in [9.17, 15) is 4.79 Å². The average molecular weight is 288 g/mol. The lowest BCUT2D eigenvalue weighted by atomic mass is 10.3. The zero-order chi connectivity index (χ0) is 13.9. The molecule has 4 nitrogen and oxygen atoms in total. The molecular formula is C15H16N2O2S. The Bertz CT molecular complexity index is 642. The fourth-order valence-corrected chi connectivity index (χ4v) is 3.52. The van der Waals surface area contributed by atoms with Crippen LogP contribution in [0.1, 0.15) is 12.6 Å². The fraction of sp³-hybridized carbons (Fsp3) is 0.267. The van der Waals surface area contributed by atoms with Gasteiger partial charge in [0.2, 0.25) is 0 Å². The Hall–Kier alpha value is -1.72. The summed E-state index contributed by atoms with van der Waals surface area (Å²) in [5, 5.41) is 0.235. The molecule has 1 aromatic heterocycles. The van der Waals surface area contributed by atoms with E-state index >= 15 is 0 Å². The second kappa shape index (κ2) is 5.73. The molecule has 2 aromatic rings. The first kappa shape index (κ1) is 13.3. The Balaban J connectivity index is 1.84. The van der Waals surface area contributed by atoms with Gasteiger partial charge in [-0.2, -0.15) is 0 Å². The predicted octanol–water partition coefficient (Wildman–Crippen LogP) is 2.51. The lowest BCUT2D eigenvalue weighted by Crippen LogP contribution is -2.28. The van der Waals surface area contributed by atoms with Gasteiger partial charge in [0.05, 0.1) is 11.9 Å². The Labute approximate surface area is 121 Å². The van der Waals surface area contributed by atoms with Gasteiger partial charge in [0, 0.05) is 22.8 Å². The number of nitrogens with zero attached hydrogens (tertiary/aromatic N) is 1. The van der Waals surface area contributed by atoms with E-state index in [4.69, 9.17) is 10.5 Å². The molecule has 20 heavy (non-hydrogen) atoms. The van der Waals surface area contributed by atoms with Crippen LogP contribution in [-0.4, -0.2) is 16.4 Å². The highest BCUT2D eigenvalue weighted by Gasteiger charge is 2.31. The van der Waals surface area contributed by atoms with E-state index < -0.39 is 0 Å². The van der Waals surface area contributed by atoms with E-state index in [2.05, 4.69) is 12.1 Å². The summed E-state index contributed by atoms with van der Waals surface area (Å²) in [4.78, 5) is 13.2. The third-order valence-electron chi connectivity index (χ3n) is 3.29. The molecule has 0 aliphatic carbocycles. The topological polar surface area (TPSA) is 57.2 Å². The third kappa shape index (κ3) is 2.73. The van der Waals surface area contributed by atoms with Gasteiger partial charge in [-0.25, -0.2) is 0 Å². The molecule has 1 aromatic carbocycles. The van der Waals surface area contributed by atoms with Gasteiger partial charge < -0.3 is 10.5 Å². The molecule has 1 aliphatic heterocycles. The number of hydrogen-bond acceptors (Lipinski definition) is 4. The normalized spacial score (nSPS) is 22.0. The van der Waals surface area contributed by atoms with Crippen LogP contribution in [0.25, 0.3) is 0 Å². The van der Waals surface area contributed by atoms with Crippen molar-refractivity contribution in [1.82, 2.24) is 4.57 Å². The standard InChI is InChI=1S/C15H16N2O2S/c16-11-6-8-17(14(18)10-11)15-13(7-9-19-15)20-12-4-2-1-3-5-12/h1-6,8,10,13,15H,7,9,16H2.